The molecule has 3 amide bonds. The molecule has 1 aromatic rings. The molecule has 6 nitrogen and oxygen atoms in total. The van der Waals surface area contributed by atoms with Crippen LogP contribution in [0.5, 0.6) is 0 Å². The molecule has 29 heavy (non-hydrogen) atoms. The van der Waals surface area contributed by atoms with Crippen molar-refractivity contribution < 1.29 is 14.7 Å². The molecule has 1 aliphatic carbocycles. The average molecular weight is 400 g/mol. The first-order valence-corrected chi connectivity index (χ1v) is 10.8. The SMILES string of the molecule is C/C=C/c1ccc([C@H]2[C@@H](CO)N(C(=O)NCCC)[C@H]2CNC(=O)C2CCC2)cc1. The van der Waals surface area contributed by atoms with Gasteiger partial charge in [-0.25, -0.2) is 4.79 Å². The molecule has 1 aromatic carbocycles. The Morgan fingerprint density at radius 1 is 1.17 bits per heavy atom. The lowest BCUT2D eigenvalue weighted by molar-refractivity contribution is -0.128. The largest absolute Gasteiger partial charge is 0.394 e. The van der Waals surface area contributed by atoms with Crippen molar-refractivity contribution in [1.29, 1.82) is 0 Å². The quantitative estimate of drug-likeness (QED) is 0.629. The van der Waals surface area contributed by atoms with E-state index in [0.717, 1.165) is 36.8 Å². The Bertz CT molecular complexity index is 727. The highest BCUT2D eigenvalue weighted by molar-refractivity contribution is 5.80. The van der Waals surface area contributed by atoms with Crippen molar-refractivity contribution in [2.75, 3.05) is 19.7 Å². The smallest absolute Gasteiger partial charge is 0.318 e. The zero-order valence-corrected chi connectivity index (χ0v) is 17.4. The summed E-state index contributed by atoms with van der Waals surface area (Å²) in [6.45, 7) is 4.89. The summed E-state index contributed by atoms with van der Waals surface area (Å²) in [5.74, 6) is 0.193. The van der Waals surface area contributed by atoms with E-state index in [-0.39, 0.29) is 42.5 Å². The van der Waals surface area contributed by atoms with Gasteiger partial charge in [-0.2, -0.15) is 0 Å². The summed E-state index contributed by atoms with van der Waals surface area (Å²) in [7, 11) is 0. The minimum atomic E-state index is -0.287. The zero-order valence-electron chi connectivity index (χ0n) is 17.4. The third-order valence-electron chi connectivity index (χ3n) is 6.13. The number of urea groups is 1. The summed E-state index contributed by atoms with van der Waals surface area (Å²) in [6, 6.07) is 7.59. The van der Waals surface area contributed by atoms with Gasteiger partial charge < -0.3 is 20.6 Å². The van der Waals surface area contributed by atoms with Gasteiger partial charge in [-0.3, -0.25) is 4.79 Å². The summed E-state index contributed by atoms with van der Waals surface area (Å²) < 4.78 is 0. The molecule has 6 heteroatoms. The predicted octanol–water partition coefficient (Wildman–Crippen LogP) is 2.88. The first kappa shape index (κ1) is 21.4. The number of nitrogens with one attached hydrogen (secondary N) is 2. The fourth-order valence-corrected chi connectivity index (χ4v) is 4.28. The van der Waals surface area contributed by atoms with Crippen LogP contribution < -0.4 is 10.6 Å². The molecule has 1 saturated heterocycles. The van der Waals surface area contributed by atoms with Gasteiger partial charge in [0.2, 0.25) is 5.91 Å². The Morgan fingerprint density at radius 3 is 2.45 bits per heavy atom. The molecule has 158 valence electrons. The number of hydrogen-bond acceptors (Lipinski definition) is 3. The molecular formula is C23H33N3O3. The Kier molecular flexibility index (Phi) is 7.31. The van der Waals surface area contributed by atoms with Gasteiger partial charge in [0.15, 0.2) is 0 Å². The van der Waals surface area contributed by atoms with Crippen molar-refractivity contribution >= 4 is 18.0 Å². The van der Waals surface area contributed by atoms with Crippen LogP contribution in [-0.4, -0.2) is 53.7 Å². The molecule has 0 radical (unpaired) electrons. The third kappa shape index (κ3) is 4.64. The third-order valence-corrected chi connectivity index (χ3v) is 6.13. The number of amides is 3. The number of carbonyl (C=O) groups excluding carboxylic acids is 2. The Balaban J connectivity index is 1.76. The van der Waals surface area contributed by atoms with Crippen molar-refractivity contribution in [3.8, 4) is 0 Å². The molecule has 0 bridgehead atoms. The number of aliphatic hydroxyl groups excluding tert-OH is 1. The Morgan fingerprint density at radius 2 is 1.90 bits per heavy atom. The van der Waals surface area contributed by atoms with E-state index < -0.39 is 0 Å². The van der Waals surface area contributed by atoms with Gasteiger partial charge in [0, 0.05) is 24.9 Å². The molecular weight excluding hydrogens is 366 g/mol. The first-order valence-electron chi connectivity index (χ1n) is 10.8. The summed E-state index contributed by atoms with van der Waals surface area (Å²) >= 11 is 0. The number of allylic oxidation sites excluding steroid dienone is 1. The van der Waals surface area contributed by atoms with Crippen LogP contribution >= 0.6 is 0 Å². The van der Waals surface area contributed by atoms with Crippen LogP contribution in [0.15, 0.2) is 30.3 Å². The number of nitrogens with zero attached hydrogens (tertiary/aromatic N) is 1. The van der Waals surface area contributed by atoms with E-state index in [1.54, 1.807) is 4.90 Å². The maximum atomic E-state index is 12.7. The minimum absolute atomic E-state index is 0.00581. The fraction of sp³-hybridized carbons (Fsp3) is 0.565. The van der Waals surface area contributed by atoms with Crippen LogP contribution in [0.25, 0.3) is 6.08 Å². The summed E-state index contributed by atoms with van der Waals surface area (Å²) in [5, 5.41) is 16.0. The molecule has 0 unspecified atom stereocenters. The summed E-state index contributed by atoms with van der Waals surface area (Å²) in [6.07, 6.45) is 7.89. The van der Waals surface area contributed by atoms with Crippen molar-refractivity contribution in [3.63, 3.8) is 0 Å². The van der Waals surface area contributed by atoms with Crippen molar-refractivity contribution in [1.82, 2.24) is 15.5 Å². The van der Waals surface area contributed by atoms with Gasteiger partial charge in [0.1, 0.15) is 0 Å². The van der Waals surface area contributed by atoms with Gasteiger partial charge in [-0.15, -0.1) is 0 Å². The van der Waals surface area contributed by atoms with Gasteiger partial charge in [-0.05, 0) is 37.3 Å². The van der Waals surface area contributed by atoms with Crippen LogP contribution in [0, 0.1) is 5.92 Å². The molecule has 1 saturated carbocycles. The maximum Gasteiger partial charge on any atom is 0.318 e. The van der Waals surface area contributed by atoms with Crippen LogP contribution in [0.2, 0.25) is 0 Å². The van der Waals surface area contributed by atoms with E-state index in [1.165, 1.54) is 0 Å². The van der Waals surface area contributed by atoms with E-state index in [0.29, 0.717) is 13.1 Å². The van der Waals surface area contributed by atoms with Gasteiger partial charge in [0.05, 0.1) is 18.7 Å². The second-order valence-electron chi connectivity index (χ2n) is 8.02. The van der Waals surface area contributed by atoms with Gasteiger partial charge in [-0.1, -0.05) is 49.8 Å². The van der Waals surface area contributed by atoms with E-state index >= 15 is 0 Å². The molecule has 1 aliphatic heterocycles. The Labute approximate surface area is 173 Å². The molecule has 1 heterocycles. The molecule has 3 rings (SSSR count). The monoisotopic (exact) mass is 399 g/mol. The standard InChI is InChI=1S/C23H33N3O3/c1-3-6-16-9-11-17(12-10-16)21-19(14-25-22(28)18-7-5-8-18)26(20(21)15-27)23(29)24-13-4-2/h3,6,9-12,18-21,27H,4-5,7-8,13-15H2,1-2H3,(H,24,29)(H,25,28)/b6-3+/t19-,20+,21+/m0/s1. The zero-order chi connectivity index (χ0) is 20.8. The van der Waals surface area contributed by atoms with E-state index in [4.69, 9.17) is 0 Å². The Hall–Kier alpha value is -2.34. The number of benzene rings is 1. The molecule has 0 spiro atoms. The minimum Gasteiger partial charge on any atom is -0.394 e. The number of aliphatic hydroxyl groups is 1. The average Bonchev–Trinajstić information content (AvgIpc) is 2.66. The normalized spacial score (nSPS) is 24.1. The highest BCUT2D eigenvalue weighted by Crippen LogP contribution is 2.40. The summed E-state index contributed by atoms with van der Waals surface area (Å²) in [4.78, 5) is 26.8. The van der Waals surface area contributed by atoms with Gasteiger partial charge >= 0.3 is 6.03 Å². The molecule has 0 aromatic heterocycles. The van der Waals surface area contributed by atoms with Gasteiger partial charge in [0.25, 0.3) is 0 Å². The lowest BCUT2D eigenvalue weighted by atomic mass is 9.75. The molecule has 2 aliphatic rings. The maximum absolute atomic E-state index is 12.7. The van der Waals surface area contributed by atoms with Crippen LogP contribution in [0.3, 0.4) is 0 Å². The second kappa shape index (κ2) is 9.92. The second-order valence-corrected chi connectivity index (χ2v) is 8.02. The topological polar surface area (TPSA) is 81.7 Å². The van der Waals surface area contributed by atoms with Crippen molar-refractivity contribution in [2.45, 2.75) is 57.5 Å². The molecule has 3 atom stereocenters. The lowest BCUT2D eigenvalue weighted by Crippen LogP contribution is -2.70. The molecule has 3 N–H and O–H groups in total. The van der Waals surface area contributed by atoms with E-state index in [1.807, 2.05) is 38.1 Å². The van der Waals surface area contributed by atoms with Crippen molar-refractivity contribution in [2.24, 2.45) is 5.92 Å². The lowest BCUT2D eigenvalue weighted by Gasteiger charge is -2.54. The number of rotatable bonds is 8. The van der Waals surface area contributed by atoms with E-state index in [9.17, 15) is 14.7 Å². The number of carbonyl (C=O) groups is 2. The molecule has 2 fully saturated rings. The highest BCUT2D eigenvalue weighted by Gasteiger charge is 2.51. The fourth-order valence-electron chi connectivity index (χ4n) is 4.28. The highest BCUT2D eigenvalue weighted by atomic mass is 16.3. The first-order chi connectivity index (χ1) is 14.1. The van der Waals surface area contributed by atoms with Crippen LogP contribution in [0.1, 0.15) is 56.6 Å². The number of likely N-dealkylation sites (tertiary alicyclic amines) is 1. The number of hydrogen-bond donors (Lipinski definition) is 3. The predicted molar refractivity (Wildman–Crippen MR) is 114 cm³/mol. The van der Waals surface area contributed by atoms with E-state index in [2.05, 4.69) is 22.8 Å². The van der Waals surface area contributed by atoms with Crippen molar-refractivity contribution in [3.05, 3.63) is 41.5 Å². The summed E-state index contributed by atoms with van der Waals surface area (Å²) in [5.41, 5.74) is 2.20. The van der Waals surface area contributed by atoms with Crippen LogP contribution in [0.4, 0.5) is 4.79 Å². The van der Waals surface area contributed by atoms with Crippen LogP contribution in [-0.2, 0) is 4.79 Å².